The summed E-state index contributed by atoms with van der Waals surface area (Å²) in [6.45, 7) is 0.164. The Morgan fingerprint density at radius 3 is 2.64 bits per heavy atom. The van der Waals surface area contributed by atoms with Gasteiger partial charge in [-0.05, 0) is 42.7 Å². The predicted octanol–water partition coefficient (Wildman–Crippen LogP) is 3.11. The van der Waals surface area contributed by atoms with Gasteiger partial charge < -0.3 is 5.32 Å². The highest BCUT2D eigenvalue weighted by Gasteiger charge is 2.20. The van der Waals surface area contributed by atoms with E-state index in [1.807, 2.05) is 18.2 Å². The summed E-state index contributed by atoms with van der Waals surface area (Å²) in [6, 6.07) is 12.2. The standard InChI is InChI=1S/C24H24ClN5O3/c1-28-22(32)18-12-11-15(21(31)26-17-8-3-2-4-9-17)13-20(18)30-23(28)27-29(24(30)33)14-16-7-5-6-10-19(16)25/h5-7,10-13,17H,2-4,8-9,14H2,1H3,(H,26,31). The molecule has 33 heavy (non-hydrogen) atoms. The van der Waals surface area contributed by atoms with Gasteiger partial charge in [-0.2, -0.15) is 0 Å². The smallest absolute Gasteiger partial charge is 0.349 e. The third kappa shape index (κ3) is 3.84. The van der Waals surface area contributed by atoms with E-state index in [0.717, 1.165) is 31.2 Å². The Morgan fingerprint density at radius 1 is 1.12 bits per heavy atom. The highest BCUT2D eigenvalue weighted by molar-refractivity contribution is 6.31. The maximum Gasteiger partial charge on any atom is 0.352 e. The fourth-order valence-electron chi connectivity index (χ4n) is 4.54. The lowest BCUT2D eigenvalue weighted by Gasteiger charge is -2.22. The topological polar surface area (TPSA) is 90.4 Å². The number of hydrogen-bond donors (Lipinski definition) is 1. The second kappa shape index (κ2) is 8.51. The minimum Gasteiger partial charge on any atom is -0.349 e. The molecule has 2 aromatic heterocycles. The second-order valence-electron chi connectivity index (χ2n) is 8.57. The van der Waals surface area contributed by atoms with Gasteiger partial charge in [0.2, 0.25) is 5.78 Å². The minimum atomic E-state index is -0.407. The second-order valence-corrected chi connectivity index (χ2v) is 8.98. The predicted molar refractivity (Wildman–Crippen MR) is 127 cm³/mol. The molecule has 1 aliphatic carbocycles. The molecule has 1 saturated carbocycles. The van der Waals surface area contributed by atoms with Gasteiger partial charge in [-0.3, -0.25) is 14.2 Å². The van der Waals surface area contributed by atoms with Crippen LogP contribution in [0.5, 0.6) is 0 Å². The van der Waals surface area contributed by atoms with E-state index in [9.17, 15) is 14.4 Å². The first kappa shape index (κ1) is 21.5. The molecule has 1 fully saturated rings. The number of nitrogens with one attached hydrogen (secondary N) is 1. The molecule has 9 heteroatoms. The Hall–Kier alpha value is -3.39. The van der Waals surface area contributed by atoms with Crippen LogP contribution in [0.15, 0.2) is 52.1 Å². The van der Waals surface area contributed by atoms with Crippen LogP contribution in [-0.2, 0) is 13.6 Å². The highest BCUT2D eigenvalue weighted by Crippen LogP contribution is 2.19. The number of carbonyl (C=O) groups is 1. The van der Waals surface area contributed by atoms with E-state index in [4.69, 9.17) is 11.6 Å². The largest absolute Gasteiger partial charge is 0.352 e. The van der Waals surface area contributed by atoms with Gasteiger partial charge >= 0.3 is 5.69 Å². The number of halogens is 1. The van der Waals surface area contributed by atoms with Gasteiger partial charge in [0.15, 0.2) is 0 Å². The van der Waals surface area contributed by atoms with Crippen LogP contribution in [0.1, 0.15) is 48.0 Å². The molecular formula is C24H24ClN5O3. The Morgan fingerprint density at radius 2 is 1.88 bits per heavy atom. The molecular weight excluding hydrogens is 442 g/mol. The van der Waals surface area contributed by atoms with Gasteiger partial charge in [0, 0.05) is 23.7 Å². The zero-order valence-electron chi connectivity index (χ0n) is 18.3. The van der Waals surface area contributed by atoms with Crippen molar-refractivity contribution in [1.29, 1.82) is 0 Å². The first-order valence-corrected chi connectivity index (χ1v) is 11.5. The van der Waals surface area contributed by atoms with E-state index in [1.54, 1.807) is 31.3 Å². The van der Waals surface area contributed by atoms with Crippen molar-refractivity contribution in [3.8, 4) is 0 Å². The summed E-state index contributed by atoms with van der Waals surface area (Å²) in [5.74, 6) is 0.00327. The summed E-state index contributed by atoms with van der Waals surface area (Å²) in [6.07, 6.45) is 5.36. The lowest BCUT2D eigenvalue weighted by molar-refractivity contribution is 0.0928. The zero-order chi connectivity index (χ0) is 23.1. The van der Waals surface area contributed by atoms with Gasteiger partial charge in [0.05, 0.1) is 17.4 Å². The summed E-state index contributed by atoms with van der Waals surface area (Å²) in [7, 11) is 1.58. The third-order valence-corrected chi connectivity index (χ3v) is 6.75. The molecule has 0 radical (unpaired) electrons. The number of hydrogen-bond acceptors (Lipinski definition) is 4. The van der Waals surface area contributed by atoms with E-state index < -0.39 is 5.69 Å². The van der Waals surface area contributed by atoms with Crippen LogP contribution in [0, 0.1) is 0 Å². The maximum absolute atomic E-state index is 13.3. The summed E-state index contributed by atoms with van der Waals surface area (Å²) in [4.78, 5) is 39.2. The van der Waals surface area contributed by atoms with E-state index in [2.05, 4.69) is 10.4 Å². The van der Waals surface area contributed by atoms with E-state index in [0.29, 0.717) is 21.5 Å². The molecule has 2 aromatic carbocycles. The Balaban J connectivity index is 1.62. The molecule has 1 aliphatic rings. The van der Waals surface area contributed by atoms with Crippen molar-refractivity contribution in [1.82, 2.24) is 24.1 Å². The van der Waals surface area contributed by atoms with Crippen LogP contribution in [0.2, 0.25) is 5.02 Å². The van der Waals surface area contributed by atoms with Crippen LogP contribution in [-0.4, -0.2) is 30.7 Å². The number of amides is 1. The molecule has 170 valence electrons. The molecule has 2 heterocycles. The lowest BCUT2D eigenvalue weighted by atomic mass is 9.95. The molecule has 1 N–H and O–H groups in total. The number of carbonyl (C=O) groups excluding carboxylic acids is 1. The number of benzene rings is 2. The first-order valence-electron chi connectivity index (χ1n) is 11.1. The van der Waals surface area contributed by atoms with Crippen LogP contribution >= 0.6 is 11.6 Å². The van der Waals surface area contributed by atoms with E-state index in [1.165, 1.54) is 20.1 Å². The molecule has 0 aliphatic heterocycles. The van der Waals surface area contributed by atoms with Gasteiger partial charge in [0.25, 0.3) is 11.5 Å². The number of rotatable bonds is 4. The van der Waals surface area contributed by atoms with E-state index >= 15 is 0 Å². The van der Waals surface area contributed by atoms with Gasteiger partial charge in [-0.1, -0.05) is 49.1 Å². The number of nitrogens with zero attached hydrogens (tertiary/aromatic N) is 4. The molecule has 1 amide bonds. The lowest BCUT2D eigenvalue weighted by Crippen LogP contribution is -2.36. The van der Waals surface area contributed by atoms with Gasteiger partial charge in [-0.15, -0.1) is 5.10 Å². The van der Waals surface area contributed by atoms with Gasteiger partial charge in [0.1, 0.15) is 0 Å². The van der Waals surface area contributed by atoms with Crippen LogP contribution in [0.3, 0.4) is 0 Å². The zero-order valence-corrected chi connectivity index (χ0v) is 19.0. The average molecular weight is 466 g/mol. The molecule has 0 unspecified atom stereocenters. The molecule has 5 rings (SSSR count). The Kier molecular flexibility index (Phi) is 5.54. The van der Waals surface area contributed by atoms with Crippen molar-refractivity contribution >= 4 is 34.2 Å². The molecule has 8 nitrogen and oxygen atoms in total. The van der Waals surface area contributed by atoms with Crippen molar-refractivity contribution in [3.63, 3.8) is 0 Å². The first-order chi connectivity index (χ1) is 15.9. The molecule has 0 spiro atoms. The van der Waals surface area contributed by atoms with Crippen LogP contribution in [0.25, 0.3) is 16.7 Å². The summed E-state index contributed by atoms with van der Waals surface area (Å²) >= 11 is 6.26. The fourth-order valence-corrected chi connectivity index (χ4v) is 4.74. The number of aryl methyl sites for hydroxylation is 1. The molecule has 0 bridgehead atoms. The van der Waals surface area contributed by atoms with Crippen molar-refractivity contribution in [2.45, 2.75) is 44.7 Å². The van der Waals surface area contributed by atoms with Crippen molar-refractivity contribution in [2.75, 3.05) is 0 Å². The normalized spacial score (nSPS) is 14.7. The molecule has 0 saturated heterocycles. The summed E-state index contributed by atoms with van der Waals surface area (Å²) in [5.41, 5.74) is 0.821. The Bertz CT molecular complexity index is 1490. The van der Waals surface area contributed by atoms with E-state index in [-0.39, 0.29) is 29.8 Å². The summed E-state index contributed by atoms with van der Waals surface area (Å²) < 4.78 is 4.00. The fraction of sp³-hybridized carbons (Fsp3) is 0.333. The maximum atomic E-state index is 13.3. The van der Waals surface area contributed by atoms with Crippen molar-refractivity contribution < 1.29 is 4.79 Å². The molecule has 4 aromatic rings. The van der Waals surface area contributed by atoms with Gasteiger partial charge in [-0.25, -0.2) is 13.9 Å². The van der Waals surface area contributed by atoms with Crippen LogP contribution in [0.4, 0.5) is 0 Å². The monoisotopic (exact) mass is 465 g/mol. The number of aromatic nitrogens is 4. The molecule has 0 atom stereocenters. The van der Waals surface area contributed by atoms with Crippen LogP contribution < -0.4 is 16.6 Å². The SMILES string of the molecule is Cn1c(=O)c2ccc(C(=O)NC3CCCCC3)cc2n2c(=O)n(Cc3ccccc3Cl)nc12. The van der Waals surface area contributed by atoms with Crippen molar-refractivity contribution in [2.24, 2.45) is 7.05 Å². The number of fused-ring (bicyclic) bond motifs is 3. The average Bonchev–Trinajstić information content (AvgIpc) is 3.15. The van der Waals surface area contributed by atoms with Crippen molar-refractivity contribution in [3.05, 3.63) is 79.5 Å². The quantitative estimate of drug-likeness (QED) is 0.501. The minimum absolute atomic E-state index is 0.159. The highest BCUT2D eigenvalue weighted by atomic mass is 35.5. The summed E-state index contributed by atoms with van der Waals surface area (Å²) in [5, 5.41) is 8.36. The Labute approximate surface area is 194 Å². The third-order valence-electron chi connectivity index (χ3n) is 6.38.